The van der Waals surface area contributed by atoms with Gasteiger partial charge >= 0.3 is 6.18 Å². The van der Waals surface area contributed by atoms with Crippen LogP contribution < -0.4 is 5.32 Å². The van der Waals surface area contributed by atoms with Gasteiger partial charge in [0.25, 0.3) is 5.91 Å². The molecule has 1 aromatic heterocycles. The number of alkyl halides is 3. The van der Waals surface area contributed by atoms with Gasteiger partial charge in [0.05, 0.1) is 6.04 Å². The molecule has 0 saturated carbocycles. The van der Waals surface area contributed by atoms with Crippen LogP contribution in [-0.2, 0) is 6.18 Å². The minimum absolute atomic E-state index is 0.0792. The fourth-order valence-corrected chi connectivity index (χ4v) is 2.76. The molecule has 1 N–H and O–H groups in total. The van der Waals surface area contributed by atoms with E-state index in [-0.39, 0.29) is 18.6 Å². The smallest absolute Gasteiger partial charge is 0.344 e. The number of Topliss-reactive ketones (excluding diaryl/α,β-unsaturated/α-hetero) is 1. The van der Waals surface area contributed by atoms with Crippen LogP contribution in [0.15, 0.2) is 36.4 Å². The topological polar surface area (TPSA) is 59.1 Å². The Balaban J connectivity index is 1.89. The van der Waals surface area contributed by atoms with Crippen molar-refractivity contribution in [2.45, 2.75) is 25.1 Å². The number of nitrogens with zero attached hydrogens (tertiary/aromatic N) is 1. The quantitative estimate of drug-likeness (QED) is 0.839. The highest BCUT2D eigenvalue weighted by Gasteiger charge is 2.34. The van der Waals surface area contributed by atoms with Crippen LogP contribution in [0.1, 0.15) is 51.0 Å². The molecule has 4 nitrogen and oxygen atoms in total. The van der Waals surface area contributed by atoms with Gasteiger partial charge < -0.3 is 5.32 Å². The molecule has 1 heterocycles. The van der Waals surface area contributed by atoms with Gasteiger partial charge in [0.1, 0.15) is 5.69 Å². The molecule has 0 bridgehead atoms. The lowest BCUT2D eigenvalue weighted by atomic mass is 9.87. The Morgan fingerprint density at radius 1 is 1.16 bits per heavy atom. The highest BCUT2D eigenvalue weighted by Crippen LogP contribution is 2.31. The molecule has 0 saturated heterocycles. The second kappa shape index (κ2) is 6.27. The molecule has 130 valence electrons. The van der Waals surface area contributed by atoms with Crippen molar-refractivity contribution >= 4 is 11.7 Å². The summed E-state index contributed by atoms with van der Waals surface area (Å²) in [6.45, 7) is 0. The molecule has 1 aromatic carbocycles. The lowest BCUT2D eigenvalue weighted by Gasteiger charge is -2.25. The standard InChI is InChI=1S/C17H12F4N2O2/c18-11-5-8-14(17(19,20)21)23-15(11)16(25)22-12-6-7-13(24)10-4-2-1-3-9(10)12/h1-5,8,12H,6-7H2,(H,22,25). The summed E-state index contributed by atoms with van der Waals surface area (Å²) in [5.41, 5.74) is -1.28. The van der Waals surface area contributed by atoms with Gasteiger partial charge in [0, 0.05) is 12.0 Å². The van der Waals surface area contributed by atoms with Gasteiger partial charge in [0.15, 0.2) is 17.3 Å². The number of halogens is 4. The van der Waals surface area contributed by atoms with Crippen LogP contribution in [0.4, 0.5) is 17.6 Å². The number of hydrogen-bond donors (Lipinski definition) is 1. The summed E-state index contributed by atoms with van der Waals surface area (Å²) < 4.78 is 51.9. The van der Waals surface area contributed by atoms with Gasteiger partial charge in [-0.25, -0.2) is 9.37 Å². The minimum Gasteiger partial charge on any atom is -0.344 e. The first-order chi connectivity index (χ1) is 11.8. The zero-order chi connectivity index (χ0) is 18.2. The lowest BCUT2D eigenvalue weighted by Crippen LogP contribution is -2.33. The Labute approximate surface area is 139 Å². The third kappa shape index (κ3) is 3.38. The molecule has 0 aliphatic heterocycles. The van der Waals surface area contributed by atoms with E-state index < -0.39 is 35.3 Å². The summed E-state index contributed by atoms with van der Waals surface area (Å²) in [5, 5.41) is 2.47. The third-order valence-electron chi connectivity index (χ3n) is 3.95. The highest BCUT2D eigenvalue weighted by molar-refractivity contribution is 5.99. The fraction of sp³-hybridized carbons (Fsp3) is 0.235. The fourth-order valence-electron chi connectivity index (χ4n) is 2.76. The van der Waals surface area contributed by atoms with Crippen molar-refractivity contribution in [3.63, 3.8) is 0 Å². The van der Waals surface area contributed by atoms with Gasteiger partial charge in [-0.1, -0.05) is 24.3 Å². The predicted octanol–water partition coefficient (Wildman–Crippen LogP) is 3.69. The van der Waals surface area contributed by atoms with Gasteiger partial charge in [-0.2, -0.15) is 13.2 Å². The molecule has 0 radical (unpaired) electrons. The van der Waals surface area contributed by atoms with Gasteiger partial charge in [-0.3, -0.25) is 9.59 Å². The van der Waals surface area contributed by atoms with E-state index in [2.05, 4.69) is 10.3 Å². The molecule has 1 amide bonds. The number of nitrogens with one attached hydrogen (secondary N) is 1. The van der Waals surface area contributed by atoms with Crippen LogP contribution in [0.25, 0.3) is 0 Å². The van der Waals surface area contributed by atoms with E-state index in [1.54, 1.807) is 24.3 Å². The van der Waals surface area contributed by atoms with Crippen molar-refractivity contribution in [2.24, 2.45) is 0 Å². The Morgan fingerprint density at radius 2 is 1.88 bits per heavy atom. The molecule has 1 unspecified atom stereocenters. The van der Waals surface area contributed by atoms with Gasteiger partial charge in [-0.15, -0.1) is 0 Å². The number of rotatable bonds is 2. The zero-order valence-electron chi connectivity index (χ0n) is 12.7. The maximum Gasteiger partial charge on any atom is 0.433 e. The van der Waals surface area contributed by atoms with Crippen LogP contribution in [0, 0.1) is 5.82 Å². The molecule has 0 fully saturated rings. The first-order valence-corrected chi connectivity index (χ1v) is 7.44. The minimum atomic E-state index is -4.79. The zero-order valence-corrected chi connectivity index (χ0v) is 12.7. The maximum atomic E-state index is 13.8. The number of carbonyl (C=O) groups excluding carboxylic acids is 2. The Bertz CT molecular complexity index is 849. The van der Waals surface area contributed by atoms with E-state index in [1.165, 1.54) is 0 Å². The van der Waals surface area contributed by atoms with Crippen molar-refractivity contribution < 1.29 is 27.2 Å². The molecule has 1 atom stereocenters. The lowest BCUT2D eigenvalue weighted by molar-refractivity contribution is -0.141. The second-order valence-corrected chi connectivity index (χ2v) is 5.60. The van der Waals surface area contributed by atoms with Crippen LogP contribution in [0.2, 0.25) is 0 Å². The average molecular weight is 352 g/mol. The van der Waals surface area contributed by atoms with E-state index in [0.717, 1.165) is 0 Å². The van der Waals surface area contributed by atoms with Crippen LogP contribution in [0.5, 0.6) is 0 Å². The van der Waals surface area contributed by atoms with Crippen molar-refractivity contribution in [1.29, 1.82) is 0 Å². The molecule has 0 spiro atoms. The Kier molecular flexibility index (Phi) is 4.28. The van der Waals surface area contributed by atoms with Crippen molar-refractivity contribution in [3.05, 3.63) is 64.7 Å². The van der Waals surface area contributed by atoms with Crippen molar-refractivity contribution in [1.82, 2.24) is 10.3 Å². The summed E-state index contributed by atoms with van der Waals surface area (Å²) in [6.07, 6.45) is -4.32. The monoisotopic (exact) mass is 352 g/mol. The Morgan fingerprint density at radius 3 is 2.60 bits per heavy atom. The molecular formula is C17H12F4N2O2. The third-order valence-corrected chi connectivity index (χ3v) is 3.95. The molecule has 1 aliphatic carbocycles. The first kappa shape index (κ1) is 17.1. The summed E-state index contributed by atoms with van der Waals surface area (Å²) >= 11 is 0. The van der Waals surface area contributed by atoms with Crippen LogP contribution >= 0.6 is 0 Å². The predicted molar refractivity (Wildman–Crippen MR) is 79.4 cm³/mol. The second-order valence-electron chi connectivity index (χ2n) is 5.60. The molecule has 25 heavy (non-hydrogen) atoms. The number of fused-ring (bicyclic) bond motifs is 1. The summed E-state index contributed by atoms with van der Waals surface area (Å²) in [6, 6.07) is 7.04. The molecule has 8 heteroatoms. The van der Waals surface area contributed by atoms with E-state index in [9.17, 15) is 27.2 Å². The first-order valence-electron chi connectivity index (χ1n) is 7.44. The number of hydrogen-bond acceptors (Lipinski definition) is 3. The van der Waals surface area contributed by atoms with Crippen molar-refractivity contribution in [3.8, 4) is 0 Å². The molecular weight excluding hydrogens is 340 g/mol. The average Bonchev–Trinajstić information content (AvgIpc) is 2.57. The number of carbonyl (C=O) groups is 2. The SMILES string of the molecule is O=C1CCC(NC(=O)c2nc(C(F)(F)F)ccc2F)c2ccccc21. The van der Waals surface area contributed by atoms with E-state index >= 15 is 0 Å². The number of aromatic nitrogens is 1. The summed E-state index contributed by atoms with van der Waals surface area (Å²) in [7, 11) is 0. The number of ketones is 1. The van der Waals surface area contributed by atoms with Gasteiger partial charge in [0.2, 0.25) is 0 Å². The number of benzene rings is 1. The molecule has 3 rings (SSSR count). The van der Waals surface area contributed by atoms with Crippen LogP contribution in [0.3, 0.4) is 0 Å². The van der Waals surface area contributed by atoms with E-state index in [4.69, 9.17) is 0 Å². The Hall–Kier alpha value is -2.77. The normalized spacial score (nSPS) is 17.1. The highest BCUT2D eigenvalue weighted by atomic mass is 19.4. The van der Waals surface area contributed by atoms with E-state index in [0.29, 0.717) is 23.3 Å². The van der Waals surface area contributed by atoms with Crippen LogP contribution in [-0.4, -0.2) is 16.7 Å². The molecule has 2 aromatic rings. The molecule has 1 aliphatic rings. The van der Waals surface area contributed by atoms with Gasteiger partial charge in [-0.05, 0) is 24.1 Å². The maximum absolute atomic E-state index is 13.8. The number of pyridine rings is 1. The van der Waals surface area contributed by atoms with E-state index in [1.807, 2.05) is 0 Å². The van der Waals surface area contributed by atoms with Crippen molar-refractivity contribution in [2.75, 3.05) is 0 Å². The largest absolute Gasteiger partial charge is 0.433 e. The summed E-state index contributed by atoms with van der Waals surface area (Å²) in [5.74, 6) is -2.28. The number of amides is 1. The summed E-state index contributed by atoms with van der Waals surface area (Å²) in [4.78, 5) is 27.2.